The van der Waals surface area contributed by atoms with Gasteiger partial charge in [-0.25, -0.2) is 4.98 Å². The number of Topliss-reactive ketones (excluding diaryl/α,β-unsaturated/α-hetero) is 1. The Bertz CT molecular complexity index is 760. The second-order valence-electron chi connectivity index (χ2n) is 6.04. The molecule has 0 spiro atoms. The Hall–Kier alpha value is -1.95. The first kappa shape index (κ1) is 15.9. The third-order valence-electron chi connectivity index (χ3n) is 4.36. The number of aryl methyl sites for hydroxylation is 1. The van der Waals surface area contributed by atoms with Crippen molar-refractivity contribution in [3.05, 3.63) is 27.2 Å². The fourth-order valence-electron chi connectivity index (χ4n) is 3.25. The number of carbonyl (C=O) groups excluding carboxylic acids is 2. The lowest BCUT2D eigenvalue weighted by molar-refractivity contribution is -0.127. The Morgan fingerprint density at radius 3 is 2.83 bits per heavy atom. The van der Waals surface area contributed by atoms with Gasteiger partial charge in [-0.1, -0.05) is 0 Å². The van der Waals surface area contributed by atoms with Crippen LogP contribution in [0.2, 0.25) is 0 Å². The van der Waals surface area contributed by atoms with Crippen molar-refractivity contribution in [2.45, 2.75) is 40.0 Å². The molecule has 2 aromatic rings. The highest BCUT2D eigenvalue weighted by Gasteiger charge is 2.21. The molecule has 5 nitrogen and oxygen atoms in total. The molecule has 3 rings (SSSR count). The molecule has 23 heavy (non-hydrogen) atoms. The predicted molar refractivity (Wildman–Crippen MR) is 90.9 cm³/mol. The zero-order chi connectivity index (χ0) is 16.6. The lowest BCUT2D eigenvalue weighted by Gasteiger charge is -2.13. The SMILES string of the molecule is CC(=O)c1c(C)[nH]c(-c2csc(CCN3CCCC3=O)n2)c1C. The minimum atomic E-state index is 0.0745. The molecule has 0 unspecified atom stereocenters. The number of likely N-dealkylation sites (tertiary alicyclic amines) is 1. The van der Waals surface area contributed by atoms with Crippen LogP contribution in [0, 0.1) is 13.8 Å². The van der Waals surface area contributed by atoms with Gasteiger partial charge in [-0.2, -0.15) is 0 Å². The van der Waals surface area contributed by atoms with Crippen LogP contribution in [0.3, 0.4) is 0 Å². The second-order valence-corrected chi connectivity index (χ2v) is 6.98. The molecule has 1 N–H and O–H groups in total. The van der Waals surface area contributed by atoms with Gasteiger partial charge in [0, 0.05) is 42.6 Å². The number of hydrogen-bond acceptors (Lipinski definition) is 4. The third kappa shape index (κ3) is 3.08. The number of thiazole rings is 1. The van der Waals surface area contributed by atoms with Gasteiger partial charge in [-0.3, -0.25) is 9.59 Å². The Morgan fingerprint density at radius 1 is 1.43 bits per heavy atom. The van der Waals surface area contributed by atoms with Crippen molar-refractivity contribution in [1.82, 2.24) is 14.9 Å². The van der Waals surface area contributed by atoms with Gasteiger partial charge in [0.05, 0.1) is 16.4 Å². The number of amides is 1. The summed E-state index contributed by atoms with van der Waals surface area (Å²) in [5, 5.41) is 3.04. The van der Waals surface area contributed by atoms with Gasteiger partial charge in [0.15, 0.2) is 5.78 Å². The molecule has 0 saturated carbocycles. The van der Waals surface area contributed by atoms with E-state index in [1.54, 1.807) is 18.3 Å². The molecule has 1 aliphatic heterocycles. The van der Waals surface area contributed by atoms with E-state index in [0.29, 0.717) is 6.42 Å². The molecule has 3 heterocycles. The summed E-state index contributed by atoms with van der Waals surface area (Å²) in [4.78, 5) is 33.3. The van der Waals surface area contributed by atoms with Crippen molar-refractivity contribution in [2.75, 3.05) is 13.1 Å². The minimum absolute atomic E-state index is 0.0745. The van der Waals surface area contributed by atoms with Gasteiger partial charge >= 0.3 is 0 Å². The summed E-state index contributed by atoms with van der Waals surface area (Å²) in [7, 11) is 0. The average Bonchev–Trinajstić information content (AvgIpc) is 3.16. The lowest BCUT2D eigenvalue weighted by Crippen LogP contribution is -2.26. The summed E-state index contributed by atoms with van der Waals surface area (Å²) in [6, 6.07) is 0. The summed E-state index contributed by atoms with van der Waals surface area (Å²) < 4.78 is 0. The van der Waals surface area contributed by atoms with Gasteiger partial charge in [0.2, 0.25) is 5.91 Å². The number of nitrogens with zero attached hydrogens (tertiary/aromatic N) is 2. The number of H-pyrrole nitrogens is 1. The average molecular weight is 331 g/mol. The predicted octanol–water partition coefficient (Wildman–Crippen LogP) is 3.12. The molecule has 1 saturated heterocycles. The summed E-state index contributed by atoms with van der Waals surface area (Å²) >= 11 is 1.61. The molecular weight excluding hydrogens is 310 g/mol. The first-order valence-corrected chi connectivity index (χ1v) is 8.78. The van der Waals surface area contributed by atoms with Crippen molar-refractivity contribution >= 4 is 23.0 Å². The van der Waals surface area contributed by atoms with Crippen LogP contribution in [-0.4, -0.2) is 39.6 Å². The van der Waals surface area contributed by atoms with Crippen LogP contribution >= 0.6 is 11.3 Å². The molecule has 2 aromatic heterocycles. The van der Waals surface area contributed by atoms with Crippen LogP contribution in [0.1, 0.15) is 46.4 Å². The van der Waals surface area contributed by atoms with Gasteiger partial charge in [0.25, 0.3) is 0 Å². The smallest absolute Gasteiger partial charge is 0.222 e. The lowest BCUT2D eigenvalue weighted by atomic mass is 10.1. The first-order chi connectivity index (χ1) is 11.0. The monoisotopic (exact) mass is 331 g/mol. The Morgan fingerprint density at radius 2 is 2.22 bits per heavy atom. The molecule has 0 bridgehead atoms. The highest BCUT2D eigenvalue weighted by Crippen LogP contribution is 2.29. The molecule has 0 radical (unpaired) electrons. The maximum absolute atomic E-state index is 11.7. The van der Waals surface area contributed by atoms with Crippen molar-refractivity contribution < 1.29 is 9.59 Å². The number of carbonyl (C=O) groups is 2. The van der Waals surface area contributed by atoms with E-state index in [1.165, 1.54) is 0 Å². The van der Waals surface area contributed by atoms with Gasteiger partial charge in [-0.05, 0) is 32.8 Å². The highest BCUT2D eigenvalue weighted by atomic mass is 32.1. The number of nitrogens with one attached hydrogen (secondary N) is 1. The van der Waals surface area contributed by atoms with E-state index in [-0.39, 0.29) is 11.7 Å². The molecule has 6 heteroatoms. The summed E-state index contributed by atoms with van der Waals surface area (Å²) in [6.45, 7) is 7.07. The van der Waals surface area contributed by atoms with Crippen LogP contribution < -0.4 is 0 Å². The zero-order valence-corrected chi connectivity index (χ0v) is 14.5. The van der Waals surface area contributed by atoms with Gasteiger partial charge in [0.1, 0.15) is 0 Å². The number of aromatic nitrogens is 2. The number of rotatable bonds is 5. The van der Waals surface area contributed by atoms with Crippen LogP contribution in [0.25, 0.3) is 11.4 Å². The Labute approximate surface area is 139 Å². The van der Waals surface area contributed by atoms with Crippen LogP contribution in [0.15, 0.2) is 5.38 Å². The van der Waals surface area contributed by atoms with Crippen molar-refractivity contribution in [1.29, 1.82) is 0 Å². The fourth-order valence-corrected chi connectivity index (χ4v) is 4.02. The molecule has 1 fully saturated rings. The van der Waals surface area contributed by atoms with Crippen molar-refractivity contribution in [3.63, 3.8) is 0 Å². The number of ketones is 1. The summed E-state index contributed by atoms with van der Waals surface area (Å²) in [5.41, 5.74) is 4.42. The molecule has 122 valence electrons. The summed E-state index contributed by atoms with van der Waals surface area (Å²) in [5.74, 6) is 0.328. The van der Waals surface area contributed by atoms with E-state index in [0.717, 1.165) is 59.1 Å². The Balaban J connectivity index is 1.76. The standard InChI is InChI=1S/C17H21N3O2S/c1-10-16(12(3)21)11(2)18-17(10)13-9-23-14(19-13)6-8-20-7-4-5-15(20)22/h9,18H,4-8H2,1-3H3. The first-order valence-electron chi connectivity index (χ1n) is 7.90. The number of hydrogen-bond donors (Lipinski definition) is 1. The van der Waals surface area contributed by atoms with E-state index >= 15 is 0 Å². The van der Waals surface area contributed by atoms with Crippen LogP contribution in [0.4, 0.5) is 0 Å². The molecule has 0 aliphatic carbocycles. The maximum atomic E-state index is 11.7. The van der Waals surface area contributed by atoms with E-state index in [4.69, 9.17) is 0 Å². The second kappa shape index (κ2) is 6.28. The van der Waals surface area contributed by atoms with Gasteiger partial charge < -0.3 is 9.88 Å². The quantitative estimate of drug-likeness (QED) is 0.856. The van der Waals surface area contributed by atoms with Crippen molar-refractivity contribution in [3.8, 4) is 11.4 Å². The normalized spacial score (nSPS) is 14.7. The van der Waals surface area contributed by atoms with Crippen LogP contribution in [-0.2, 0) is 11.2 Å². The maximum Gasteiger partial charge on any atom is 0.222 e. The topological polar surface area (TPSA) is 66.1 Å². The van der Waals surface area contributed by atoms with Crippen molar-refractivity contribution in [2.24, 2.45) is 0 Å². The molecule has 1 aliphatic rings. The largest absolute Gasteiger partial charge is 0.356 e. The molecule has 0 aromatic carbocycles. The van der Waals surface area contributed by atoms with E-state index in [1.807, 2.05) is 24.1 Å². The Kier molecular flexibility index (Phi) is 4.35. The fraction of sp³-hybridized carbons (Fsp3) is 0.471. The minimum Gasteiger partial charge on any atom is -0.356 e. The molecule has 1 amide bonds. The van der Waals surface area contributed by atoms with E-state index in [2.05, 4.69) is 9.97 Å². The third-order valence-corrected chi connectivity index (χ3v) is 5.27. The van der Waals surface area contributed by atoms with E-state index < -0.39 is 0 Å². The zero-order valence-electron chi connectivity index (χ0n) is 13.7. The number of aromatic amines is 1. The van der Waals surface area contributed by atoms with Gasteiger partial charge in [-0.15, -0.1) is 11.3 Å². The van der Waals surface area contributed by atoms with Crippen LogP contribution in [0.5, 0.6) is 0 Å². The molecule has 0 atom stereocenters. The van der Waals surface area contributed by atoms with E-state index in [9.17, 15) is 9.59 Å². The highest BCUT2D eigenvalue weighted by molar-refractivity contribution is 7.09. The molecular formula is C17H21N3O2S. The summed E-state index contributed by atoms with van der Waals surface area (Å²) in [6.07, 6.45) is 2.43.